The van der Waals surface area contributed by atoms with Gasteiger partial charge in [0.15, 0.2) is 0 Å². The van der Waals surface area contributed by atoms with E-state index in [9.17, 15) is 20.2 Å². The van der Waals surface area contributed by atoms with Gasteiger partial charge in [0.2, 0.25) is 0 Å². The first-order valence-electron chi connectivity index (χ1n) is 8.57. The first kappa shape index (κ1) is 18.7. The molecular weight excluding hydrogens is 352 g/mol. The lowest BCUT2D eigenvalue weighted by Gasteiger charge is -2.33. The highest BCUT2D eigenvalue weighted by atomic mass is 16.6. The lowest BCUT2D eigenvalue weighted by atomic mass is 10.2. The maximum atomic E-state index is 11.2. The van der Waals surface area contributed by atoms with E-state index in [0.717, 1.165) is 19.2 Å². The number of nitrogens with one attached hydrogen (secondary N) is 1. The Morgan fingerprint density at radius 3 is 2.59 bits per heavy atom. The Labute approximate surface area is 155 Å². The van der Waals surface area contributed by atoms with Gasteiger partial charge in [-0.3, -0.25) is 25.1 Å². The molecule has 142 valence electrons. The number of benzene rings is 2. The molecule has 2 aromatic carbocycles. The second kappa shape index (κ2) is 8.56. The zero-order valence-electron chi connectivity index (χ0n) is 14.6. The minimum absolute atomic E-state index is 0.128. The summed E-state index contributed by atoms with van der Waals surface area (Å²) in [6.07, 6.45) is -0.128. The van der Waals surface area contributed by atoms with Gasteiger partial charge in [0.05, 0.1) is 28.6 Å². The molecule has 27 heavy (non-hydrogen) atoms. The summed E-state index contributed by atoms with van der Waals surface area (Å²) in [7, 11) is 0. The van der Waals surface area contributed by atoms with Crippen molar-refractivity contribution in [1.82, 2.24) is 4.90 Å². The number of rotatable bonds is 7. The summed E-state index contributed by atoms with van der Waals surface area (Å²) < 4.78 is 5.75. The van der Waals surface area contributed by atoms with Gasteiger partial charge in [-0.1, -0.05) is 30.3 Å². The highest BCUT2D eigenvalue weighted by Crippen LogP contribution is 2.29. The average Bonchev–Trinajstić information content (AvgIpc) is 2.67. The highest BCUT2D eigenvalue weighted by Gasteiger charge is 2.23. The molecule has 1 saturated heterocycles. The molecule has 9 nitrogen and oxygen atoms in total. The fourth-order valence-corrected chi connectivity index (χ4v) is 3.05. The number of nitrogens with zero attached hydrogens (tertiary/aromatic N) is 3. The molecule has 0 bridgehead atoms. The van der Waals surface area contributed by atoms with Gasteiger partial charge in [0.1, 0.15) is 5.69 Å². The summed E-state index contributed by atoms with van der Waals surface area (Å²) in [5.41, 5.74) is 0.836. The molecule has 0 saturated carbocycles. The van der Waals surface area contributed by atoms with Gasteiger partial charge in [-0.25, -0.2) is 0 Å². The van der Waals surface area contributed by atoms with Gasteiger partial charge in [-0.15, -0.1) is 0 Å². The normalized spacial score (nSPS) is 17.4. The van der Waals surface area contributed by atoms with E-state index in [1.165, 1.54) is 17.7 Å². The van der Waals surface area contributed by atoms with Gasteiger partial charge >= 0.3 is 0 Å². The number of nitro groups is 2. The zero-order valence-corrected chi connectivity index (χ0v) is 14.6. The molecule has 3 rings (SSSR count). The number of non-ortho nitro benzene ring substituents is 1. The van der Waals surface area contributed by atoms with Gasteiger partial charge in [-0.2, -0.15) is 0 Å². The van der Waals surface area contributed by atoms with Crippen molar-refractivity contribution in [2.45, 2.75) is 12.6 Å². The molecule has 2 aromatic rings. The predicted molar refractivity (Wildman–Crippen MR) is 99.7 cm³/mol. The van der Waals surface area contributed by atoms with Crippen LogP contribution in [-0.4, -0.2) is 47.1 Å². The molecule has 1 unspecified atom stereocenters. The van der Waals surface area contributed by atoms with Gasteiger partial charge in [-0.05, 0) is 11.6 Å². The van der Waals surface area contributed by atoms with Crippen molar-refractivity contribution in [2.75, 3.05) is 31.6 Å². The second-order valence-corrected chi connectivity index (χ2v) is 6.31. The summed E-state index contributed by atoms with van der Waals surface area (Å²) in [6, 6.07) is 13.7. The largest absolute Gasteiger partial charge is 0.377 e. The van der Waals surface area contributed by atoms with Crippen LogP contribution in [0.5, 0.6) is 0 Å². The molecule has 0 spiro atoms. The first-order valence-corrected chi connectivity index (χ1v) is 8.57. The summed E-state index contributed by atoms with van der Waals surface area (Å²) in [6.45, 7) is 3.30. The molecule has 1 atom stereocenters. The monoisotopic (exact) mass is 372 g/mol. The third-order valence-corrected chi connectivity index (χ3v) is 4.38. The third-order valence-electron chi connectivity index (χ3n) is 4.38. The molecule has 9 heteroatoms. The zero-order chi connectivity index (χ0) is 19.2. The van der Waals surface area contributed by atoms with Crippen LogP contribution >= 0.6 is 0 Å². The van der Waals surface area contributed by atoms with Crippen molar-refractivity contribution >= 4 is 17.1 Å². The minimum atomic E-state index is -0.650. The third kappa shape index (κ3) is 4.99. The molecule has 1 N–H and O–H groups in total. The molecular formula is C18H20N4O5. The Hall–Kier alpha value is -3.04. The molecule has 1 aliphatic heterocycles. The van der Waals surface area contributed by atoms with E-state index < -0.39 is 9.85 Å². The Balaban J connectivity index is 1.61. The van der Waals surface area contributed by atoms with Crippen LogP contribution in [0.1, 0.15) is 5.56 Å². The van der Waals surface area contributed by atoms with Crippen LogP contribution in [0.15, 0.2) is 48.5 Å². The van der Waals surface area contributed by atoms with Crippen LogP contribution in [0.3, 0.4) is 0 Å². The molecule has 0 amide bonds. The van der Waals surface area contributed by atoms with E-state index >= 15 is 0 Å². The molecule has 1 fully saturated rings. The minimum Gasteiger partial charge on any atom is -0.377 e. The predicted octanol–water partition coefficient (Wildman–Crippen LogP) is 2.82. The average molecular weight is 372 g/mol. The van der Waals surface area contributed by atoms with Crippen LogP contribution in [0.25, 0.3) is 0 Å². The summed E-state index contributed by atoms with van der Waals surface area (Å²) >= 11 is 0. The van der Waals surface area contributed by atoms with Crippen LogP contribution in [0, 0.1) is 20.2 Å². The highest BCUT2D eigenvalue weighted by molar-refractivity contribution is 5.65. The van der Waals surface area contributed by atoms with Crippen molar-refractivity contribution in [3.05, 3.63) is 74.3 Å². The number of anilines is 1. The van der Waals surface area contributed by atoms with Gasteiger partial charge in [0, 0.05) is 32.2 Å². The SMILES string of the molecule is O=[N+]([O-])c1ccc(NCC2CN(Cc3ccccc3)CCO2)c([N+](=O)[O-])c1. The Kier molecular flexibility index (Phi) is 5.94. The quantitative estimate of drug-likeness (QED) is 0.587. The van der Waals surface area contributed by atoms with Crippen molar-refractivity contribution in [2.24, 2.45) is 0 Å². The molecule has 0 aliphatic carbocycles. The lowest BCUT2D eigenvalue weighted by molar-refractivity contribution is -0.393. The molecule has 1 heterocycles. The van der Waals surface area contributed by atoms with E-state index in [4.69, 9.17) is 4.74 Å². The second-order valence-electron chi connectivity index (χ2n) is 6.31. The summed E-state index contributed by atoms with van der Waals surface area (Å²) in [5, 5.41) is 25.0. The van der Waals surface area contributed by atoms with E-state index in [1.807, 2.05) is 18.2 Å². The Morgan fingerprint density at radius 2 is 1.89 bits per heavy atom. The maximum Gasteiger partial charge on any atom is 0.299 e. The smallest absolute Gasteiger partial charge is 0.299 e. The molecule has 1 aliphatic rings. The van der Waals surface area contributed by atoms with Crippen LogP contribution in [0.4, 0.5) is 17.1 Å². The summed E-state index contributed by atoms with van der Waals surface area (Å²) in [4.78, 5) is 23.0. The van der Waals surface area contributed by atoms with E-state index in [2.05, 4.69) is 22.3 Å². The van der Waals surface area contributed by atoms with Crippen LogP contribution in [-0.2, 0) is 11.3 Å². The number of morpholine rings is 1. The van der Waals surface area contributed by atoms with Crippen molar-refractivity contribution < 1.29 is 14.6 Å². The van der Waals surface area contributed by atoms with Gasteiger partial charge in [0.25, 0.3) is 11.4 Å². The Morgan fingerprint density at radius 1 is 1.11 bits per heavy atom. The molecule has 0 aromatic heterocycles. The topological polar surface area (TPSA) is 111 Å². The molecule has 0 radical (unpaired) electrons. The van der Waals surface area contributed by atoms with Crippen LogP contribution < -0.4 is 5.32 Å². The number of hydrogen-bond donors (Lipinski definition) is 1. The number of hydrogen-bond acceptors (Lipinski definition) is 7. The van der Waals surface area contributed by atoms with Crippen LogP contribution in [0.2, 0.25) is 0 Å². The maximum absolute atomic E-state index is 11.2. The fraction of sp³-hybridized carbons (Fsp3) is 0.333. The van der Waals surface area contributed by atoms with Gasteiger partial charge < -0.3 is 10.1 Å². The Bertz CT molecular complexity index is 815. The number of nitro benzene ring substituents is 2. The lowest BCUT2D eigenvalue weighted by Crippen LogP contribution is -2.44. The summed E-state index contributed by atoms with van der Waals surface area (Å²) in [5.74, 6) is 0. The van der Waals surface area contributed by atoms with Crippen molar-refractivity contribution in [3.63, 3.8) is 0 Å². The standard InChI is InChI=1S/C18H20N4O5/c23-21(24)15-6-7-17(18(10-15)22(25)26)19-11-16-13-20(8-9-27-16)12-14-4-2-1-3-5-14/h1-7,10,16,19H,8-9,11-13H2. The first-order chi connectivity index (χ1) is 13.0. The van der Waals surface area contributed by atoms with E-state index in [1.54, 1.807) is 0 Å². The van der Waals surface area contributed by atoms with E-state index in [0.29, 0.717) is 19.7 Å². The fourth-order valence-electron chi connectivity index (χ4n) is 3.05. The van der Waals surface area contributed by atoms with Crippen molar-refractivity contribution in [3.8, 4) is 0 Å². The van der Waals surface area contributed by atoms with E-state index in [-0.39, 0.29) is 23.2 Å². The van der Waals surface area contributed by atoms with Crippen molar-refractivity contribution in [1.29, 1.82) is 0 Å². The number of ether oxygens (including phenoxy) is 1.